The number of nitrogens with zero attached hydrogens (tertiary/aromatic N) is 1. The van der Waals surface area contributed by atoms with Gasteiger partial charge in [0.15, 0.2) is 11.6 Å². The molecule has 0 saturated heterocycles. The first-order valence-corrected chi connectivity index (χ1v) is 11.2. The molecule has 0 radical (unpaired) electrons. The first kappa shape index (κ1) is 21.6. The number of H-pyrrole nitrogens is 2. The lowest BCUT2D eigenvalue weighted by Crippen LogP contribution is -2.00. The van der Waals surface area contributed by atoms with E-state index in [1.807, 2.05) is 24.3 Å². The lowest BCUT2D eigenvalue weighted by molar-refractivity contribution is 0.216. The van der Waals surface area contributed by atoms with Crippen LogP contribution in [0.15, 0.2) is 67.0 Å². The molecule has 0 aliphatic rings. The molecule has 0 amide bonds. The Hall–Kier alpha value is -3.24. The maximum Gasteiger partial charge on any atom is 0.168 e. The number of aromatic nitrogens is 3. The van der Waals surface area contributed by atoms with Crippen LogP contribution in [0.4, 0.5) is 8.78 Å². The third-order valence-electron chi connectivity index (χ3n) is 5.48. The van der Waals surface area contributed by atoms with E-state index in [2.05, 4.69) is 37.5 Å². The number of aliphatic hydroxyl groups excluding tert-OH is 1. The van der Waals surface area contributed by atoms with Gasteiger partial charge in [-0.1, -0.05) is 12.1 Å². The van der Waals surface area contributed by atoms with Gasteiger partial charge in [-0.05, 0) is 71.5 Å². The van der Waals surface area contributed by atoms with Crippen molar-refractivity contribution in [2.24, 2.45) is 0 Å². The highest BCUT2D eigenvalue weighted by Gasteiger charge is 2.18. The number of ether oxygens (including phenoxy) is 1. The van der Waals surface area contributed by atoms with Crippen molar-refractivity contribution in [2.75, 3.05) is 0 Å². The van der Waals surface area contributed by atoms with Gasteiger partial charge in [0, 0.05) is 32.3 Å². The quantitative estimate of drug-likeness (QED) is 0.213. The highest BCUT2D eigenvalue weighted by molar-refractivity contribution is 14.1. The summed E-state index contributed by atoms with van der Waals surface area (Å²) in [5.74, 6) is -0.469. The fourth-order valence-electron chi connectivity index (χ4n) is 3.78. The Morgan fingerprint density at radius 1 is 1.06 bits per heavy atom. The minimum absolute atomic E-state index is 0.0777. The van der Waals surface area contributed by atoms with E-state index in [4.69, 9.17) is 4.74 Å². The maximum absolute atomic E-state index is 14.7. The molecule has 0 aliphatic heterocycles. The number of hydrogen-bond donors (Lipinski definition) is 3. The zero-order chi connectivity index (χ0) is 23.1. The smallest absolute Gasteiger partial charge is 0.168 e. The van der Waals surface area contributed by atoms with E-state index in [1.54, 1.807) is 19.2 Å². The van der Waals surface area contributed by atoms with Crippen LogP contribution in [0.2, 0.25) is 0 Å². The summed E-state index contributed by atoms with van der Waals surface area (Å²) >= 11 is 2.17. The van der Waals surface area contributed by atoms with E-state index in [9.17, 15) is 13.9 Å². The van der Waals surface area contributed by atoms with E-state index < -0.39 is 17.7 Å². The number of aromatic amines is 2. The van der Waals surface area contributed by atoms with Crippen molar-refractivity contribution in [2.45, 2.75) is 13.0 Å². The first-order chi connectivity index (χ1) is 15.9. The van der Waals surface area contributed by atoms with Gasteiger partial charge in [-0.2, -0.15) is 0 Å². The van der Waals surface area contributed by atoms with Crippen LogP contribution in [0.3, 0.4) is 0 Å². The minimum Gasteiger partial charge on any atom is -0.454 e. The fourth-order valence-corrected chi connectivity index (χ4v) is 4.35. The van der Waals surface area contributed by atoms with E-state index in [-0.39, 0.29) is 22.9 Å². The Morgan fingerprint density at radius 3 is 2.73 bits per heavy atom. The third-order valence-corrected chi connectivity index (χ3v) is 6.15. The predicted molar refractivity (Wildman–Crippen MR) is 130 cm³/mol. The highest BCUT2D eigenvalue weighted by Crippen LogP contribution is 2.35. The van der Waals surface area contributed by atoms with Gasteiger partial charge in [0.1, 0.15) is 23.5 Å². The number of imidazole rings is 1. The number of nitrogens with one attached hydrogen (secondary N) is 2. The summed E-state index contributed by atoms with van der Waals surface area (Å²) in [6, 6.07) is 14.8. The second-order valence-corrected chi connectivity index (χ2v) is 8.89. The van der Waals surface area contributed by atoms with Gasteiger partial charge in [0.2, 0.25) is 0 Å². The molecule has 0 spiro atoms. The molecule has 8 heteroatoms. The molecular formula is C25H18F2IN3O2. The van der Waals surface area contributed by atoms with Gasteiger partial charge >= 0.3 is 0 Å². The molecule has 5 rings (SSSR count). The SMILES string of the molecule is Cc1c(Oc2ccc(F)c(-c3ncc(C(O)c4cccc(I)c4)[nH]3)c2)c(F)cc2[nH]ccc12. The second kappa shape index (κ2) is 8.60. The van der Waals surface area contributed by atoms with Gasteiger partial charge < -0.3 is 19.8 Å². The second-order valence-electron chi connectivity index (χ2n) is 7.64. The summed E-state index contributed by atoms with van der Waals surface area (Å²) in [6.07, 6.45) is 2.26. The molecule has 0 aliphatic carbocycles. The fraction of sp³-hybridized carbons (Fsp3) is 0.0800. The van der Waals surface area contributed by atoms with Crippen LogP contribution in [0, 0.1) is 22.1 Å². The molecule has 1 atom stereocenters. The molecule has 0 saturated carbocycles. The standard InChI is InChI=1S/C25H18F2IN3O2/c1-13-17-7-8-29-21(17)11-20(27)24(13)33-16-5-6-19(26)18(10-16)25-30-12-22(31-25)23(32)14-3-2-4-15(28)9-14/h2-12,23,29,32H,1H3,(H,30,31). The van der Waals surface area contributed by atoms with Gasteiger partial charge in [0.25, 0.3) is 0 Å². The predicted octanol–water partition coefficient (Wildman–Crippen LogP) is 6.62. The lowest BCUT2D eigenvalue weighted by Gasteiger charge is -2.12. The van der Waals surface area contributed by atoms with E-state index in [0.717, 1.165) is 8.96 Å². The zero-order valence-corrected chi connectivity index (χ0v) is 19.5. The van der Waals surface area contributed by atoms with E-state index >= 15 is 0 Å². The van der Waals surface area contributed by atoms with Crippen LogP contribution in [0.5, 0.6) is 11.5 Å². The number of hydrogen-bond acceptors (Lipinski definition) is 3. The Balaban J connectivity index is 1.47. The van der Waals surface area contributed by atoms with Crippen LogP contribution < -0.4 is 4.74 Å². The Kier molecular flexibility index (Phi) is 5.63. The molecular weight excluding hydrogens is 539 g/mol. The molecule has 0 bridgehead atoms. The van der Waals surface area contributed by atoms with Gasteiger partial charge in [0.05, 0.1) is 17.5 Å². The van der Waals surface area contributed by atoms with Crippen LogP contribution in [0.1, 0.15) is 22.9 Å². The summed E-state index contributed by atoms with van der Waals surface area (Å²) in [5.41, 5.74) is 2.58. The molecule has 3 N–H and O–H groups in total. The molecule has 2 heterocycles. The van der Waals surface area contributed by atoms with Crippen LogP contribution in [-0.2, 0) is 0 Å². The number of fused-ring (bicyclic) bond motifs is 1. The van der Waals surface area contributed by atoms with Gasteiger partial charge in [-0.15, -0.1) is 0 Å². The largest absolute Gasteiger partial charge is 0.454 e. The normalized spacial score (nSPS) is 12.3. The summed E-state index contributed by atoms with van der Waals surface area (Å²) in [7, 11) is 0. The van der Waals surface area contributed by atoms with Crippen molar-refractivity contribution < 1.29 is 18.6 Å². The third kappa shape index (κ3) is 4.11. The number of benzene rings is 3. The maximum atomic E-state index is 14.7. The molecule has 166 valence electrons. The van der Waals surface area contributed by atoms with E-state index in [0.29, 0.717) is 22.3 Å². The van der Waals surface area contributed by atoms with Crippen LogP contribution in [-0.4, -0.2) is 20.1 Å². The molecule has 2 aromatic heterocycles. The minimum atomic E-state index is -0.937. The van der Waals surface area contributed by atoms with Gasteiger partial charge in [-0.25, -0.2) is 13.8 Å². The lowest BCUT2D eigenvalue weighted by atomic mass is 10.1. The van der Waals surface area contributed by atoms with Crippen molar-refractivity contribution in [1.29, 1.82) is 0 Å². The highest BCUT2D eigenvalue weighted by atomic mass is 127. The summed E-state index contributed by atoms with van der Waals surface area (Å²) in [5, 5.41) is 11.5. The topological polar surface area (TPSA) is 73.9 Å². The zero-order valence-electron chi connectivity index (χ0n) is 17.4. The monoisotopic (exact) mass is 557 g/mol. The Bertz CT molecular complexity index is 1480. The summed E-state index contributed by atoms with van der Waals surface area (Å²) in [6.45, 7) is 1.77. The first-order valence-electron chi connectivity index (χ1n) is 10.1. The molecule has 0 fully saturated rings. The summed E-state index contributed by atoms with van der Waals surface area (Å²) < 4.78 is 36.1. The molecule has 1 unspecified atom stereocenters. The Labute approximate surface area is 201 Å². The van der Waals surface area contributed by atoms with Crippen molar-refractivity contribution in [3.63, 3.8) is 0 Å². The van der Waals surface area contributed by atoms with Crippen molar-refractivity contribution >= 4 is 33.5 Å². The van der Waals surface area contributed by atoms with E-state index in [1.165, 1.54) is 30.5 Å². The molecule has 5 aromatic rings. The van der Waals surface area contributed by atoms with Crippen LogP contribution in [0.25, 0.3) is 22.3 Å². The average molecular weight is 557 g/mol. The number of halogens is 3. The number of aliphatic hydroxyl groups is 1. The number of rotatable bonds is 5. The Morgan fingerprint density at radius 2 is 1.91 bits per heavy atom. The molecule has 3 aromatic carbocycles. The van der Waals surface area contributed by atoms with Crippen molar-refractivity contribution in [3.05, 3.63) is 99.0 Å². The van der Waals surface area contributed by atoms with Crippen molar-refractivity contribution in [3.8, 4) is 22.9 Å². The average Bonchev–Trinajstić information content (AvgIpc) is 3.47. The molecule has 33 heavy (non-hydrogen) atoms. The van der Waals surface area contributed by atoms with Crippen molar-refractivity contribution in [1.82, 2.24) is 15.0 Å². The summed E-state index contributed by atoms with van der Waals surface area (Å²) in [4.78, 5) is 10.2. The number of aryl methyl sites for hydroxylation is 1. The van der Waals surface area contributed by atoms with Gasteiger partial charge in [-0.3, -0.25) is 0 Å². The molecule has 5 nitrogen and oxygen atoms in total. The van der Waals surface area contributed by atoms with Crippen LogP contribution >= 0.6 is 22.6 Å².